The summed E-state index contributed by atoms with van der Waals surface area (Å²) >= 11 is 0. The molecule has 4 aliphatic rings. The normalized spacial score (nSPS) is 13.2. The van der Waals surface area contributed by atoms with Crippen LogP contribution in [0.15, 0.2) is 206 Å². The SMILES string of the molecule is Cc1cc(-c2c(N3c4ccccc4Oc4ccccc43)c(C#N)c(N3c4ccccc4Oc4ccccc43)c(N3c4ccccc4Oc4ccccc43)c2N2c3ccccc3Oc3ccccc32)cc(C)n1. The Morgan fingerprint density at radius 3 is 0.875 bits per heavy atom. The van der Waals surface area contributed by atoms with Crippen LogP contribution in [-0.2, 0) is 0 Å². The van der Waals surface area contributed by atoms with E-state index in [4.69, 9.17) is 23.9 Å². The lowest BCUT2D eigenvalue weighted by atomic mass is 9.89. The van der Waals surface area contributed by atoms with Crippen LogP contribution in [0, 0.1) is 25.2 Å². The number of fused-ring (bicyclic) bond motifs is 8. The van der Waals surface area contributed by atoms with Crippen molar-refractivity contribution < 1.29 is 18.9 Å². The van der Waals surface area contributed by atoms with E-state index in [-0.39, 0.29) is 0 Å². The largest absolute Gasteiger partial charge is 0.453 e. The zero-order chi connectivity index (χ0) is 48.0. The van der Waals surface area contributed by atoms with Gasteiger partial charge in [-0.3, -0.25) is 14.8 Å². The van der Waals surface area contributed by atoms with Crippen LogP contribution in [0.25, 0.3) is 11.1 Å². The van der Waals surface area contributed by atoms with Crippen LogP contribution in [0.2, 0.25) is 0 Å². The topological polar surface area (TPSA) is 86.6 Å². The Bertz CT molecular complexity index is 3740. The first-order chi connectivity index (χ1) is 35.5. The maximum Gasteiger partial charge on any atom is 0.151 e. The Balaban J connectivity index is 1.29. The summed E-state index contributed by atoms with van der Waals surface area (Å²) in [7, 11) is 0. The number of ether oxygens (including phenoxy) is 4. The smallest absolute Gasteiger partial charge is 0.151 e. The Hall–Kier alpha value is -9.98. The Labute approximate surface area is 415 Å². The molecule has 0 amide bonds. The molecule has 10 heteroatoms. The van der Waals surface area contributed by atoms with Gasteiger partial charge in [0.15, 0.2) is 46.0 Å². The molecule has 10 aromatic rings. The summed E-state index contributed by atoms with van der Waals surface area (Å²) in [4.78, 5) is 14.0. The summed E-state index contributed by atoms with van der Waals surface area (Å²) < 4.78 is 27.2. The molecule has 72 heavy (non-hydrogen) atoms. The number of hydrogen-bond donors (Lipinski definition) is 0. The fourth-order valence-electron chi connectivity index (χ4n) is 10.7. The molecule has 14 rings (SSSR count). The number of nitrogens with zero attached hydrogens (tertiary/aromatic N) is 6. The van der Waals surface area contributed by atoms with Gasteiger partial charge in [0.1, 0.15) is 11.6 Å². The first-order valence-corrected chi connectivity index (χ1v) is 23.8. The van der Waals surface area contributed by atoms with E-state index in [0.29, 0.717) is 68.6 Å². The standard InChI is InChI=1S/C62H40N6O4/c1-38-35-40(36-39(2)64-38)58-59(65-42-19-3-11-27-50(42)69-51-28-12-4-20-43(51)65)41(37-63)60(66-44-21-5-13-29-52(44)70-53-30-14-6-22-45(53)66)62(68-48-25-9-17-33-56(48)72-57-34-18-10-26-49(57)68)61(58)67-46-23-7-15-31-54(46)71-55-32-16-8-24-47(55)67/h3-36H,1-2H3. The van der Waals surface area contributed by atoms with E-state index in [1.165, 1.54) is 0 Å². The zero-order valence-electron chi connectivity index (χ0n) is 38.9. The van der Waals surface area contributed by atoms with Gasteiger partial charge in [-0.25, -0.2) is 0 Å². The second-order valence-corrected chi connectivity index (χ2v) is 17.9. The minimum absolute atomic E-state index is 0.380. The molecule has 0 spiro atoms. The van der Waals surface area contributed by atoms with Gasteiger partial charge in [0.05, 0.1) is 68.2 Å². The lowest BCUT2D eigenvalue weighted by Gasteiger charge is -2.45. The molecule has 0 aliphatic carbocycles. The maximum atomic E-state index is 12.7. The summed E-state index contributed by atoms with van der Waals surface area (Å²) in [5.74, 6) is 5.16. The van der Waals surface area contributed by atoms with E-state index in [1.807, 2.05) is 159 Å². The lowest BCUT2D eigenvalue weighted by Crippen LogP contribution is -2.28. The highest BCUT2D eigenvalue weighted by atomic mass is 16.5. The monoisotopic (exact) mass is 932 g/mol. The molecule has 0 atom stereocenters. The fraction of sp³-hybridized carbons (Fsp3) is 0.0323. The molecule has 0 bridgehead atoms. The molecule has 0 radical (unpaired) electrons. The molecule has 9 aromatic carbocycles. The summed E-state index contributed by atoms with van der Waals surface area (Å²) in [6.45, 7) is 4.04. The number of pyridine rings is 1. The number of aryl methyl sites for hydroxylation is 2. The Kier molecular flexibility index (Phi) is 9.15. The summed E-state index contributed by atoms with van der Waals surface area (Å²) in [5, 5.41) is 12.7. The second-order valence-electron chi connectivity index (χ2n) is 17.9. The molecule has 342 valence electrons. The lowest BCUT2D eigenvalue weighted by molar-refractivity contribution is 0.475. The number of para-hydroxylation sites is 16. The molecule has 4 aliphatic heterocycles. The van der Waals surface area contributed by atoms with E-state index in [2.05, 4.69) is 86.3 Å². The van der Waals surface area contributed by atoms with Crippen LogP contribution in [0.3, 0.4) is 0 Å². The van der Waals surface area contributed by atoms with Crippen LogP contribution in [-0.4, -0.2) is 4.98 Å². The average Bonchev–Trinajstić information content (AvgIpc) is 3.42. The third-order valence-corrected chi connectivity index (χ3v) is 13.5. The summed E-state index contributed by atoms with van der Waals surface area (Å²) in [6, 6.07) is 71.7. The highest BCUT2D eigenvalue weighted by Gasteiger charge is 2.44. The highest BCUT2D eigenvalue weighted by Crippen LogP contribution is 2.68. The van der Waals surface area contributed by atoms with Gasteiger partial charge in [0.2, 0.25) is 0 Å². The van der Waals surface area contributed by atoms with Crippen molar-refractivity contribution in [3.8, 4) is 63.2 Å². The van der Waals surface area contributed by atoms with Gasteiger partial charge in [-0.1, -0.05) is 97.1 Å². The quantitative estimate of drug-likeness (QED) is 0.166. The molecule has 1 aromatic heterocycles. The summed E-state index contributed by atoms with van der Waals surface area (Å²) in [5.41, 5.74) is 12.4. The van der Waals surface area contributed by atoms with Crippen LogP contribution < -0.4 is 38.5 Å². The zero-order valence-corrected chi connectivity index (χ0v) is 38.9. The van der Waals surface area contributed by atoms with Crippen LogP contribution in [0.5, 0.6) is 46.0 Å². The molecular weight excluding hydrogens is 893 g/mol. The predicted octanol–water partition coefficient (Wildman–Crippen LogP) is 17.5. The van der Waals surface area contributed by atoms with Gasteiger partial charge in [0.25, 0.3) is 0 Å². The van der Waals surface area contributed by atoms with Gasteiger partial charge >= 0.3 is 0 Å². The van der Waals surface area contributed by atoms with E-state index in [1.54, 1.807) is 0 Å². The van der Waals surface area contributed by atoms with Gasteiger partial charge in [-0.05, 0) is 129 Å². The number of anilines is 12. The minimum atomic E-state index is 0.380. The number of benzene rings is 9. The molecular formula is C62H40N6O4. The first kappa shape index (κ1) is 41.0. The molecule has 5 heterocycles. The van der Waals surface area contributed by atoms with E-state index in [0.717, 1.165) is 73.7 Å². The van der Waals surface area contributed by atoms with Crippen molar-refractivity contribution >= 4 is 68.2 Å². The predicted molar refractivity (Wildman–Crippen MR) is 283 cm³/mol. The second kappa shape index (κ2) is 16.1. The minimum Gasteiger partial charge on any atom is -0.453 e. The molecule has 0 N–H and O–H groups in total. The maximum absolute atomic E-state index is 12.7. The third kappa shape index (κ3) is 6.17. The molecule has 0 saturated carbocycles. The molecule has 0 saturated heterocycles. The summed E-state index contributed by atoms with van der Waals surface area (Å²) in [6.07, 6.45) is 0. The number of nitriles is 1. The van der Waals surface area contributed by atoms with E-state index < -0.39 is 0 Å². The van der Waals surface area contributed by atoms with Gasteiger partial charge in [0, 0.05) is 17.0 Å². The van der Waals surface area contributed by atoms with Crippen molar-refractivity contribution in [3.05, 3.63) is 223 Å². The van der Waals surface area contributed by atoms with Gasteiger partial charge in [-0.2, -0.15) is 5.26 Å². The first-order valence-electron chi connectivity index (χ1n) is 23.8. The van der Waals surface area contributed by atoms with Crippen molar-refractivity contribution in [1.29, 1.82) is 5.26 Å². The van der Waals surface area contributed by atoms with Crippen LogP contribution >= 0.6 is 0 Å². The van der Waals surface area contributed by atoms with Crippen molar-refractivity contribution in [2.45, 2.75) is 13.8 Å². The number of hydrogen-bond acceptors (Lipinski definition) is 10. The Morgan fingerprint density at radius 2 is 0.583 bits per heavy atom. The van der Waals surface area contributed by atoms with Crippen LogP contribution in [0.1, 0.15) is 17.0 Å². The average molecular weight is 933 g/mol. The highest BCUT2D eigenvalue weighted by molar-refractivity contribution is 6.17. The van der Waals surface area contributed by atoms with E-state index >= 15 is 0 Å². The van der Waals surface area contributed by atoms with Gasteiger partial charge in [-0.15, -0.1) is 0 Å². The number of aromatic nitrogens is 1. The third-order valence-electron chi connectivity index (χ3n) is 13.5. The van der Waals surface area contributed by atoms with Crippen molar-refractivity contribution in [2.24, 2.45) is 0 Å². The van der Waals surface area contributed by atoms with Crippen molar-refractivity contribution in [2.75, 3.05) is 19.6 Å². The fourth-order valence-corrected chi connectivity index (χ4v) is 10.7. The van der Waals surface area contributed by atoms with Crippen LogP contribution in [0.4, 0.5) is 68.2 Å². The Morgan fingerprint density at radius 1 is 0.333 bits per heavy atom. The van der Waals surface area contributed by atoms with E-state index in [9.17, 15) is 5.26 Å². The van der Waals surface area contributed by atoms with Crippen molar-refractivity contribution in [3.63, 3.8) is 0 Å². The molecule has 0 unspecified atom stereocenters. The number of rotatable bonds is 5. The molecule has 0 fully saturated rings. The van der Waals surface area contributed by atoms with Gasteiger partial charge < -0.3 is 28.7 Å². The molecule has 10 nitrogen and oxygen atoms in total. The van der Waals surface area contributed by atoms with Crippen molar-refractivity contribution in [1.82, 2.24) is 4.98 Å².